The summed E-state index contributed by atoms with van der Waals surface area (Å²) in [6, 6.07) is 9.47. The monoisotopic (exact) mass is 319 g/mol. The second kappa shape index (κ2) is 6.14. The van der Waals surface area contributed by atoms with Crippen LogP contribution in [0.2, 0.25) is 0 Å². The van der Waals surface area contributed by atoms with Gasteiger partial charge < -0.3 is 19.7 Å². The van der Waals surface area contributed by atoms with Gasteiger partial charge in [0.25, 0.3) is 0 Å². The number of aromatic nitrogens is 1. The number of fused-ring (bicyclic) bond motifs is 1. The number of nitrogens with one attached hydrogen (secondary N) is 1. The van der Waals surface area contributed by atoms with Gasteiger partial charge in [0.2, 0.25) is 0 Å². The number of rotatable bonds is 7. The third-order valence-corrected chi connectivity index (χ3v) is 3.64. The number of aromatic amines is 1. The lowest BCUT2D eigenvalue weighted by Gasteiger charge is -2.33. The summed E-state index contributed by atoms with van der Waals surface area (Å²) in [7, 11) is 5.43. The topological polar surface area (TPSA) is 90.4 Å². The Morgan fingerprint density at radius 1 is 1.22 bits per heavy atom. The first-order chi connectivity index (χ1) is 10.6. The van der Waals surface area contributed by atoms with Gasteiger partial charge in [-0.25, -0.2) is 0 Å². The van der Waals surface area contributed by atoms with E-state index in [9.17, 15) is 14.7 Å². The summed E-state index contributed by atoms with van der Waals surface area (Å²) in [5.74, 6) is -1.68. The average Bonchev–Trinajstić information content (AvgIpc) is 2.77. The van der Waals surface area contributed by atoms with Crippen molar-refractivity contribution in [2.75, 3.05) is 27.7 Å². The first-order valence-electron chi connectivity index (χ1n) is 7.44. The van der Waals surface area contributed by atoms with Crippen LogP contribution >= 0.6 is 0 Å². The Morgan fingerprint density at radius 3 is 2.43 bits per heavy atom. The zero-order valence-electron chi connectivity index (χ0n) is 13.7. The number of carbonyl (C=O) groups is 2. The van der Waals surface area contributed by atoms with Crippen LogP contribution in [0.5, 0.6) is 0 Å². The second-order valence-electron chi connectivity index (χ2n) is 7.03. The first kappa shape index (κ1) is 17.2. The van der Waals surface area contributed by atoms with E-state index in [4.69, 9.17) is 5.11 Å². The van der Waals surface area contributed by atoms with Gasteiger partial charge in [0.1, 0.15) is 6.54 Å². The van der Waals surface area contributed by atoms with Gasteiger partial charge in [-0.15, -0.1) is 0 Å². The molecule has 0 saturated carbocycles. The van der Waals surface area contributed by atoms with Crippen LogP contribution in [0.4, 0.5) is 0 Å². The normalized spacial score (nSPS) is 14.6. The molecule has 1 unspecified atom stereocenters. The van der Waals surface area contributed by atoms with E-state index in [1.807, 2.05) is 51.5 Å². The van der Waals surface area contributed by atoms with Gasteiger partial charge in [-0.2, -0.15) is 0 Å². The number of carboxylic acid groups (broad SMARTS) is 1. The Labute approximate surface area is 134 Å². The van der Waals surface area contributed by atoms with Crippen molar-refractivity contribution >= 4 is 22.7 Å². The van der Waals surface area contributed by atoms with E-state index in [0.29, 0.717) is 10.2 Å². The number of H-pyrrole nitrogens is 1. The number of benzene rings is 1. The molecular weight excluding hydrogens is 296 g/mol. The molecule has 6 heteroatoms. The number of carboxylic acids is 1. The third kappa shape index (κ3) is 4.40. The third-order valence-electron chi connectivity index (χ3n) is 3.64. The Balaban J connectivity index is 2.24. The van der Waals surface area contributed by atoms with Gasteiger partial charge in [-0.3, -0.25) is 9.59 Å². The SMILES string of the molecule is C[N+](C)(C)CC(O)(CC(=O)O)C(=O)Cc1cc2ccccc2[nH]1. The number of Topliss-reactive ketones (excluding diaryl/α,β-unsaturated/α-hetero) is 1. The lowest BCUT2D eigenvalue weighted by molar-refractivity contribution is -0.875. The smallest absolute Gasteiger partial charge is 0.306 e. The maximum absolute atomic E-state index is 12.6. The summed E-state index contributed by atoms with van der Waals surface area (Å²) in [5, 5.41) is 20.7. The number of hydrogen-bond donors (Lipinski definition) is 3. The van der Waals surface area contributed by atoms with Gasteiger partial charge in [0, 0.05) is 17.6 Å². The summed E-state index contributed by atoms with van der Waals surface area (Å²) in [6.45, 7) is 0.0400. The molecule has 0 fully saturated rings. The zero-order valence-corrected chi connectivity index (χ0v) is 13.7. The molecule has 0 spiro atoms. The predicted molar refractivity (Wildman–Crippen MR) is 87.1 cm³/mol. The predicted octanol–water partition coefficient (Wildman–Crippen LogP) is 1.19. The van der Waals surface area contributed by atoms with Crippen LogP contribution in [0.15, 0.2) is 30.3 Å². The maximum Gasteiger partial charge on any atom is 0.306 e. The van der Waals surface area contributed by atoms with Crippen LogP contribution in [0, 0.1) is 0 Å². The van der Waals surface area contributed by atoms with Gasteiger partial charge >= 0.3 is 5.97 Å². The van der Waals surface area contributed by atoms with Gasteiger partial charge in [-0.1, -0.05) is 18.2 Å². The molecule has 1 aromatic carbocycles. The van der Waals surface area contributed by atoms with E-state index in [0.717, 1.165) is 10.9 Å². The Bertz CT molecular complexity index is 697. The van der Waals surface area contributed by atoms with Crippen LogP contribution in [0.25, 0.3) is 10.9 Å². The van der Waals surface area contributed by atoms with Crippen molar-refractivity contribution in [3.63, 3.8) is 0 Å². The number of aliphatic carboxylic acids is 1. The second-order valence-corrected chi connectivity index (χ2v) is 7.03. The fourth-order valence-corrected chi connectivity index (χ4v) is 2.84. The summed E-state index contributed by atoms with van der Waals surface area (Å²) >= 11 is 0. The highest BCUT2D eigenvalue weighted by molar-refractivity contribution is 5.93. The molecule has 23 heavy (non-hydrogen) atoms. The Kier molecular flexibility index (Phi) is 4.58. The molecule has 124 valence electrons. The molecule has 0 saturated heterocycles. The van der Waals surface area contributed by atoms with E-state index in [1.54, 1.807) is 0 Å². The van der Waals surface area contributed by atoms with Crippen LogP contribution in [-0.2, 0) is 16.0 Å². The summed E-state index contributed by atoms with van der Waals surface area (Å²) in [4.78, 5) is 26.8. The van der Waals surface area contributed by atoms with E-state index < -0.39 is 23.8 Å². The number of carbonyl (C=O) groups excluding carboxylic acids is 1. The van der Waals surface area contributed by atoms with Crippen LogP contribution in [-0.4, -0.2) is 64.7 Å². The summed E-state index contributed by atoms with van der Waals surface area (Å²) in [5.41, 5.74) is -0.313. The lowest BCUT2D eigenvalue weighted by atomic mass is 9.90. The lowest BCUT2D eigenvalue weighted by Crippen LogP contribution is -2.55. The highest BCUT2D eigenvalue weighted by atomic mass is 16.4. The molecule has 0 amide bonds. The number of aliphatic hydroxyl groups is 1. The first-order valence-corrected chi connectivity index (χ1v) is 7.44. The Hall–Kier alpha value is -2.18. The molecule has 0 radical (unpaired) electrons. The fraction of sp³-hybridized carbons (Fsp3) is 0.412. The largest absolute Gasteiger partial charge is 0.481 e. The molecule has 6 nitrogen and oxygen atoms in total. The summed E-state index contributed by atoms with van der Waals surface area (Å²) < 4.78 is 0.294. The van der Waals surface area contributed by atoms with Gasteiger partial charge in [0.05, 0.1) is 27.6 Å². The fourth-order valence-electron chi connectivity index (χ4n) is 2.84. The minimum Gasteiger partial charge on any atom is -0.481 e. The zero-order chi connectivity index (χ0) is 17.3. The highest BCUT2D eigenvalue weighted by Crippen LogP contribution is 2.21. The van der Waals surface area contributed by atoms with Gasteiger partial charge in [-0.05, 0) is 17.5 Å². The van der Waals surface area contributed by atoms with E-state index in [1.165, 1.54) is 0 Å². The summed E-state index contributed by atoms with van der Waals surface area (Å²) in [6.07, 6.45) is -0.625. The quantitative estimate of drug-likeness (QED) is 0.669. The molecule has 1 aromatic heterocycles. The van der Waals surface area contributed by atoms with Crippen LogP contribution < -0.4 is 0 Å². The molecule has 0 aliphatic rings. The molecule has 0 aliphatic carbocycles. The van der Waals surface area contributed by atoms with E-state index in [-0.39, 0.29) is 13.0 Å². The van der Waals surface area contributed by atoms with Crippen molar-refractivity contribution in [2.45, 2.75) is 18.4 Å². The number of quaternary nitrogens is 1. The van der Waals surface area contributed by atoms with Crippen LogP contribution in [0.1, 0.15) is 12.1 Å². The number of ketones is 1. The molecule has 2 rings (SSSR count). The molecule has 2 aromatic rings. The number of para-hydroxylation sites is 1. The van der Waals surface area contributed by atoms with E-state index in [2.05, 4.69) is 4.98 Å². The molecule has 1 heterocycles. The van der Waals surface area contributed by atoms with Crippen molar-refractivity contribution in [2.24, 2.45) is 0 Å². The van der Waals surface area contributed by atoms with Crippen molar-refractivity contribution in [3.05, 3.63) is 36.0 Å². The van der Waals surface area contributed by atoms with Crippen molar-refractivity contribution in [3.8, 4) is 0 Å². The molecular formula is C17H23N2O4+. The minimum absolute atomic E-state index is 0.0293. The molecule has 0 aliphatic heterocycles. The minimum atomic E-state index is -1.89. The molecule has 0 bridgehead atoms. The number of hydrogen-bond acceptors (Lipinski definition) is 3. The van der Waals surface area contributed by atoms with Crippen molar-refractivity contribution in [1.29, 1.82) is 0 Å². The maximum atomic E-state index is 12.6. The average molecular weight is 319 g/mol. The highest BCUT2D eigenvalue weighted by Gasteiger charge is 2.42. The van der Waals surface area contributed by atoms with Crippen molar-refractivity contribution in [1.82, 2.24) is 4.98 Å². The molecule has 3 N–H and O–H groups in total. The standard InChI is InChI=1S/C17H22N2O4/c1-19(2,3)11-17(23,10-16(21)22)15(20)9-13-8-12-6-4-5-7-14(12)18-13/h4-8,18,23H,9-11H2,1-3H3/p+1. The molecule has 1 atom stereocenters. The Morgan fingerprint density at radius 2 is 1.87 bits per heavy atom. The number of nitrogens with zero attached hydrogens (tertiary/aromatic N) is 1. The van der Waals surface area contributed by atoms with Crippen LogP contribution in [0.3, 0.4) is 0 Å². The number of likely N-dealkylation sites (N-methyl/N-ethyl adjacent to an activating group) is 1. The van der Waals surface area contributed by atoms with E-state index >= 15 is 0 Å². The van der Waals surface area contributed by atoms with Crippen molar-refractivity contribution < 1.29 is 24.3 Å². The van der Waals surface area contributed by atoms with Gasteiger partial charge in [0.15, 0.2) is 11.4 Å².